The largest absolute Gasteiger partial charge is 0.328 e. The minimum atomic E-state index is 0.132. The van der Waals surface area contributed by atoms with Crippen molar-refractivity contribution in [2.45, 2.75) is 32.4 Å². The fourth-order valence-electron chi connectivity index (χ4n) is 1.85. The Kier molecular flexibility index (Phi) is 3.41. The molecule has 0 amide bonds. The second-order valence-electron chi connectivity index (χ2n) is 3.98. The lowest BCUT2D eigenvalue weighted by Crippen LogP contribution is -2.31. The van der Waals surface area contributed by atoms with E-state index in [9.17, 15) is 0 Å². The van der Waals surface area contributed by atoms with Gasteiger partial charge in [0, 0.05) is 28.2 Å². The van der Waals surface area contributed by atoms with Gasteiger partial charge in [-0.05, 0) is 25.5 Å². The summed E-state index contributed by atoms with van der Waals surface area (Å²) in [6, 6.07) is 4.66. The number of thiophene rings is 1. The molecule has 2 unspecified atom stereocenters. The Bertz CT molecular complexity index is 433. The van der Waals surface area contributed by atoms with Crippen LogP contribution in [0.3, 0.4) is 0 Å². The second kappa shape index (κ2) is 4.80. The molecule has 2 aromatic rings. The van der Waals surface area contributed by atoms with E-state index in [0.717, 1.165) is 6.42 Å². The molecule has 0 aliphatic rings. The first-order valence-corrected chi connectivity index (χ1v) is 6.33. The molecule has 0 saturated heterocycles. The Morgan fingerprint density at radius 2 is 2.31 bits per heavy atom. The summed E-state index contributed by atoms with van der Waals surface area (Å²) in [5.41, 5.74) is 6.21. The first-order valence-electron chi connectivity index (χ1n) is 5.51. The van der Waals surface area contributed by atoms with E-state index in [1.165, 1.54) is 9.75 Å². The van der Waals surface area contributed by atoms with Gasteiger partial charge < -0.3 is 10.3 Å². The Morgan fingerprint density at radius 1 is 1.50 bits per heavy atom. The highest BCUT2D eigenvalue weighted by Gasteiger charge is 2.21. The van der Waals surface area contributed by atoms with Gasteiger partial charge >= 0.3 is 0 Å². The highest BCUT2D eigenvalue weighted by molar-refractivity contribution is 7.12. The number of nitrogens with zero attached hydrogens (tertiary/aromatic N) is 2. The van der Waals surface area contributed by atoms with Crippen molar-refractivity contribution in [3.63, 3.8) is 0 Å². The number of rotatable bonds is 4. The molecule has 2 N–H and O–H groups in total. The summed E-state index contributed by atoms with van der Waals surface area (Å²) in [6.07, 6.45) is 6.58. The maximum absolute atomic E-state index is 6.21. The molecule has 0 bridgehead atoms. The third-order valence-electron chi connectivity index (χ3n) is 2.78. The van der Waals surface area contributed by atoms with Crippen LogP contribution in [0.25, 0.3) is 0 Å². The van der Waals surface area contributed by atoms with Gasteiger partial charge in [0.2, 0.25) is 0 Å². The van der Waals surface area contributed by atoms with Gasteiger partial charge in [0.05, 0.1) is 12.4 Å². The Morgan fingerprint density at radius 3 is 2.81 bits per heavy atom. The van der Waals surface area contributed by atoms with E-state index in [0.29, 0.717) is 0 Å². The monoisotopic (exact) mass is 235 g/mol. The van der Waals surface area contributed by atoms with Crippen LogP contribution in [-0.4, -0.2) is 15.6 Å². The molecular formula is C12H17N3S. The minimum absolute atomic E-state index is 0.132. The molecule has 2 aromatic heterocycles. The lowest BCUT2D eigenvalue weighted by atomic mass is 10.1. The predicted molar refractivity (Wildman–Crippen MR) is 67.7 cm³/mol. The van der Waals surface area contributed by atoms with Crippen LogP contribution < -0.4 is 5.73 Å². The predicted octanol–water partition coefficient (Wildman–Crippen LogP) is 2.58. The van der Waals surface area contributed by atoms with Crippen LogP contribution in [0.15, 0.2) is 30.9 Å². The molecule has 0 saturated carbocycles. The molecule has 16 heavy (non-hydrogen) atoms. The van der Waals surface area contributed by atoms with Crippen LogP contribution >= 0.6 is 11.3 Å². The Balaban J connectivity index is 2.35. The van der Waals surface area contributed by atoms with Gasteiger partial charge in [0.1, 0.15) is 0 Å². The van der Waals surface area contributed by atoms with Crippen molar-refractivity contribution in [3.05, 3.63) is 40.6 Å². The molecule has 2 atom stereocenters. The van der Waals surface area contributed by atoms with Gasteiger partial charge in [-0.15, -0.1) is 11.3 Å². The molecule has 0 aliphatic heterocycles. The summed E-state index contributed by atoms with van der Waals surface area (Å²) >= 11 is 1.81. The maximum Gasteiger partial charge on any atom is 0.0952 e. The quantitative estimate of drug-likeness (QED) is 0.885. The van der Waals surface area contributed by atoms with Crippen molar-refractivity contribution in [1.29, 1.82) is 0 Å². The number of hydrogen-bond donors (Lipinski definition) is 1. The highest BCUT2D eigenvalue weighted by Crippen LogP contribution is 2.28. The zero-order chi connectivity index (χ0) is 11.5. The van der Waals surface area contributed by atoms with Crippen LogP contribution in [0.5, 0.6) is 0 Å². The summed E-state index contributed by atoms with van der Waals surface area (Å²) in [6.45, 7) is 4.24. The van der Waals surface area contributed by atoms with Crippen molar-refractivity contribution in [2.75, 3.05) is 0 Å². The van der Waals surface area contributed by atoms with E-state index in [1.807, 2.05) is 23.9 Å². The molecule has 0 aliphatic carbocycles. The molecule has 86 valence electrons. The van der Waals surface area contributed by atoms with Crippen LogP contribution in [0, 0.1) is 6.92 Å². The number of imidazole rings is 1. The van der Waals surface area contributed by atoms with Gasteiger partial charge in [-0.3, -0.25) is 0 Å². The van der Waals surface area contributed by atoms with Crippen LogP contribution in [-0.2, 0) is 0 Å². The normalized spacial score (nSPS) is 14.9. The van der Waals surface area contributed by atoms with Crippen molar-refractivity contribution in [3.8, 4) is 0 Å². The molecule has 4 heteroatoms. The van der Waals surface area contributed by atoms with E-state index in [1.54, 1.807) is 6.20 Å². The van der Waals surface area contributed by atoms with Gasteiger partial charge in [0.15, 0.2) is 0 Å². The van der Waals surface area contributed by atoms with Gasteiger partial charge in [-0.1, -0.05) is 6.92 Å². The third-order valence-corrected chi connectivity index (χ3v) is 3.85. The minimum Gasteiger partial charge on any atom is -0.328 e. The average Bonchev–Trinajstić information content (AvgIpc) is 2.91. The number of nitrogens with two attached hydrogens (primary N) is 1. The maximum atomic E-state index is 6.21. The van der Waals surface area contributed by atoms with Gasteiger partial charge in [-0.2, -0.15) is 0 Å². The SMILES string of the molecule is CCC(N)C(c1ccc(C)s1)n1ccnc1. The number of aromatic nitrogens is 2. The van der Waals surface area contributed by atoms with Crippen molar-refractivity contribution < 1.29 is 0 Å². The fraction of sp³-hybridized carbons (Fsp3) is 0.417. The number of hydrogen-bond acceptors (Lipinski definition) is 3. The standard InChI is InChI=1S/C12H17N3S/c1-3-10(13)12(15-7-6-14-8-15)11-5-4-9(2)16-11/h4-8,10,12H,3,13H2,1-2H3. The smallest absolute Gasteiger partial charge is 0.0952 e. The fourth-order valence-corrected chi connectivity index (χ4v) is 2.91. The molecule has 2 rings (SSSR count). The first kappa shape index (κ1) is 11.4. The zero-order valence-corrected chi connectivity index (χ0v) is 10.4. The number of aryl methyl sites for hydroxylation is 1. The van der Waals surface area contributed by atoms with E-state index in [4.69, 9.17) is 5.73 Å². The molecule has 0 spiro atoms. The summed E-state index contributed by atoms with van der Waals surface area (Å²) in [5.74, 6) is 0. The summed E-state index contributed by atoms with van der Waals surface area (Å²) in [4.78, 5) is 6.74. The summed E-state index contributed by atoms with van der Waals surface area (Å²) in [7, 11) is 0. The zero-order valence-electron chi connectivity index (χ0n) is 9.63. The van der Waals surface area contributed by atoms with Crippen molar-refractivity contribution >= 4 is 11.3 Å². The molecule has 0 radical (unpaired) electrons. The van der Waals surface area contributed by atoms with E-state index in [-0.39, 0.29) is 12.1 Å². The topological polar surface area (TPSA) is 43.8 Å². The molecule has 0 fully saturated rings. The van der Waals surface area contributed by atoms with Crippen LogP contribution in [0.4, 0.5) is 0 Å². The lowest BCUT2D eigenvalue weighted by Gasteiger charge is -2.23. The summed E-state index contributed by atoms with van der Waals surface area (Å²) in [5, 5.41) is 0. The van der Waals surface area contributed by atoms with Gasteiger partial charge in [0.25, 0.3) is 0 Å². The second-order valence-corrected chi connectivity index (χ2v) is 5.29. The molecule has 0 aromatic carbocycles. The Hall–Kier alpha value is -1.13. The Labute approximate surface area is 99.9 Å². The van der Waals surface area contributed by atoms with Gasteiger partial charge in [-0.25, -0.2) is 4.98 Å². The van der Waals surface area contributed by atoms with E-state index < -0.39 is 0 Å². The van der Waals surface area contributed by atoms with Crippen molar-refractivity contribution in [2.24, 2.45) is 5.73 Å². The van der Waals surface area contributed by atoms with Crippen LogP contribution in [0.1, 0.15) is 29.1 Å². The lowest BCUT2D eigenvalue weighted by molar-refractivity contribution is 0.464. The summed E-state index contributed by atoms with van der Waals surface area (Å²) < 4.78 is 2.10. The molecule has 3 nitrogen and oxygen atoms in total. The first-order chi connectivity index (χ1) is 7.72. The van der Waals surface area contributed by atoms with Crippen molar-refractivity contribution in [1.82, 2.24) is 9.55 Å². The van der Waals surface area contributed by atoms with E-state index in [2.05, 4.69) is 35.5 Å². The molecular weight excluding hydrogens is 218 g/mol. The molecule has 2 heterocycles. The van der Waals surface area contributed by atoms with E-state index >= 15 is 0 Å². The third kappa shape index (κ3) is 2.18. The average molecular weight is 235 g/mol. The highest BCUT2D eigenvalue weighted by atomic mass is 32.1. The van der Waals surface area contributed by atoms with Crippen LogP contribution in [0.2, 0.25) is 0 Å².